The summed E-state index contributed by atoms with van der Waals surface area (Å²) in [6, 6.07) is 6.03. The minimum Gasteiger partial charge on any atom is -0.350 e. The molecule has 1 amide bonds. The van der Waals surface area contributed by atoms with Crippen molar-refractivity contribution in [1.29, 1.82) is 0 Å². The highest BCUT2D eigenvalue weighted by molar-refractivity contribution is 6.04. The number of aromatic amines is 1. The number of benzene rings is 1. The molecule has 8 heteroatoms. The molecule has 0 aliphatic carbocycles. The maximum atomic E-state index is 12.2. The second-order valence-electron chi connectivity index (χ2n) is 5.59. The summed E-state index contributed by atoms with van der Waals surface area (Å²) >= 11 is 0. The first-order chi connectivity index (χ1) is 11.5. The van der Waals surface area contributed by atoms with E-state index in [-0.39, 0.29) is 17.6 Å². The number of aromatic nitrogens is 3. The Morgan fingerprint density at radius 3 is 2.62 bits per heavy atom. The van der Waals surface area contributed by atoms with Gasteiger partial charge in [0.15, 0.2) is 5.65 Å². The quantitative estimate of drug-likeness (QED) is 0.565. The number of hydrogen-bond donors (Lipinski definition) is 2. The maximum absolute atomic E-state index is 12.2. The molecule has 122 valence electrons. The van der Waals surface area contributed by atoms with Crippen LogP contribution in [0.5, 0.6) is 0 Å². The van der Waals surface area contributed by atoms with E-state index in [0.717, 1.165) is 0 Å². The van der Waals surface area contributed by atoms with Crippen LogP contribution in [0.3, 0.4) is 0 Å². The predicted molar refractivity (Wildman–Crippen MR) is 88.6 cm³/mol. The third kappa shape index (κ3) is 2.94. The SMILES string of the molecule is CC(C)NC(=O)c1c[nH]c2ncc(-c3ccc([N+](=O)[O-])cc3)nc12. The van der Waals surface area contributed by atoms with E-state index in [1.807, 2.05) is 13.8 Å². The van der Waals surface area contributed by atoms with Crippen LogP contribution in [0, 0.1) is 10.1 Å². The molecule has 1 aromatic carbocycles. The van der Waals surface area contributed by atoms with Gasteiger partial charge in [-0.1, -0.05) is 0 Å². The number of nitrogens with zero attached hydrogens (tertiary/aromatic N) is 3. The van der Waals surface area contributed by atoms with Gasteiger partial charge in [0, 0.05) is 29.9 Å². The third-order valence-electron chi connectivity index (χ3n) is 3.42. The van der Waals surface area contributed by atoms with Crippen molar-refractivity contribution >= 4 is 22.8 Å². The average Bonchev–Trinajstić information content (AvgIpc) is 2.97. The summed E-state index contributed by atoms with van der Waals surface area (Å²) < 4.78 is 0. The van der Waals surface area contributed by atoms with Crippen molar-refractivity contribution in [3.05, 3.63) is 52.3 Å². The molecule has 0 spiro atoms. The molecule has 2 heterocycles. The molecule has 2 aromatic heterocycles. The lowest BCUT2D eigenvalue weighted by Crippen LogP contribution is -2.29. The lowest BCUT2D eigenvalue weighted by molar-refractivity contribution is -0.384. The van der Waals surface area contributed by atoms with Crippen molar-refractivity contribution < 1.29 is 9.72 Å². The van der Waals surface area contributed by atoms with Crippen molar-refractivity contribution in [3.8, 4) is 11.3 Å². The van der Waals surface area contributed by atoms with Gasteiger partial charge in [-0.2, -0.15) is 0 Å². The molecule has 0 saturated carbocycles. The average molecular weight is 325 g/mol. The molecule has 3 aromatic rings. The zero-order valence-electron chi connectivity index (χ0n) is 13.1. The van der Waals surface area contributed by atoms with Gasteiger partial charge in [-0.05, 0) is 26.0 Å². The monoisotopic (exact) mass is 325 g/mol. The molecule has 0 saturated heterocycles. The molecule has 24 heavy (non-hydrogen) atoms. The highest BCUT2D eigenvalue weighted by atomic mass is 16.6. The van der Waals surface area contributed by atoms with E-state index in [1.165, 1.54) is 12.1 Å². The van der Waals surface area contributed by atoms with Gasteiger partial charge in [-0.3, -0.25) is 14.9 Å². The Morgan fingerprint density at radius 1 is 1.29 bits per heavy atom. The number of hydrogen-bond acceptors (Lipinski definition) is 5. The maximum Gasteiger partial charge on any atom is 0.269 e. The molecule has 0 bridgehead atoms. The first-order valence-corrected chi connectivity index (χ1v) is 7.35. The summed E-state index contributed by atoms with van der Waals surface area (Å²) in [5, 5.41) is 13.5. The van der Waals surface area contributed by atoms with Crippen molar-refractivity contribution in [1.82, 2.24) is 20.3 Å². The molecular formula is C16H15N5O3. The van der Waals surface area contributed by atoms with Gasteiger partial charge < -0.3 is 10.3 Å². The number of nitro benzene ring substituents is 1. The Balaban J connectivity index is 2.01. The van der Waals surface area contributed by atoms with Crippen molar-refractivity contribution in [2.45, 2.75) is 19.9 Å². The van der Waals surface area contributed by atoms with Gasteiger partial charge in [0.2, 0.25) is 0 Å². The van der Waals surface area contributed by atoms with E-state index in [0.29, 0.717) is 28.0 Å². The van der Waals surface area contributed by atoms with Gasteiger partial charge >= 0.3 is 0 Å². The molecule has 0 atom stereocenters. The topological polar surface area (TPSA) is 114 Å². The van der Waals surface area contributed by atoms with Gasteiger partial charge in [0.05, 0.1) is 22.4 Å². The van der Waals surface area contributed by atoms with Crippen molar-refractivity contribution in [2.75, 3.05) is 0 Å². The molecule has 0 aliphatic heterocycles. The summed E-state index contributed by atoms with van der Waals surface area (Å²) in [6.07, 6.45) is 3.13. The number of fused-ring (bicyclic) bond motifs is 1. The van der Waals surface area contributed by atoms with Crippen molar-refractivity contribution in [3.63, 3.8) is 0 Å². The smallest absolute Gasteiger partial charge is 0.269 e. The fourth-order valence-electron chi connectivity index (χ4n) is 2.30. The molecule has 8 nitrogen and oxygen atoms in total. The number of carbonyl (C=O) groups is 1. The van der Waals surface area contributed by atoms with Crippen LogP contribution in [-0.2, 0) is 0 Å². The number of rotatable bonds is 4. The van der Waals surface area contributed by atoms with Crippen LogP contribution in [0.15, 0.2) is 36.7 Å². The molecule has 0 fully saturated rings. The Labute approximate surface area is 137 Å². The van der Waals surface area contributed by atoms with Crippen LogP contribution in [0.4, 0.5) is 5.69 Å². The summed E-state index contributed by atoms with van der Waals surface area (Å²) in [5.74, 6) is -0.230. The lowest BCUT2D eigenvalue weighted by Gasteiger charge is -2.07. The fourth-order valence-corrected chi connectivity index (χ4v) is 2.30. The summed E-state index contributed by atoms with van der Waals surface area (Å²) in [6.45, 7) is 3.75. The lowest BCUT2D eigenvalue weighted by atomic mass is 10.1. The van der Waals surface area contributed by atoms with Crippen LogP contribution in [0.2, 0.25) is 0 Å². The number of non-ortho nitro benzene ring substituents is 1. The van der Waals surface area contributed by atoms with Crippen LogP contribution in [0.1, 0.15) is 24.2 Å². The Hall–Kier alpha value is -3.29. The second kappa shape index (κ2) is 6.07. The minimum absolute atomic E-state index is 0.00596. The largest absolute Gasteiger partial charge is 0.350 e. The first-order valence-electron chi connectivity index (χ1n) is 7.35. The summed E-state index contributed by atoms with van der Waals surface area (Å²) in [4.78, 5) is 34.2. The van der Waals surface area contributed by atoms with E-state index in [9.17, 15) is 14.9 Å². The Kier molecular flexibility index (Phi) is 3.95. The Bertz CT molecular complexity index is 915. The van der Waals surface area contributed by atoms with E-state index in [1.54, 1.807) is 24.5 Å². The van der Waals surface area contributed by atoms with Crippen LogP contribution in [-0.4, -0.2) is 31.8 Å². The van der Waals surface area contributed by atoms with Crippen LogP contribution < -0.4 is 5.32 Å². The molecule has 0 aliphatic rings. The van der Waals surface area contributed by atoms with E-state index >= 15 is 0 Å². The molecule has 0 radical (unpaired) electrons. The summed E-state index contributed by atoms with van der Waals surface area (Å²) in [5.41, 5.74) is 2.61. The van der Waals surface area contributed by atoms with Crippen LogP contribution in [0.25, 0.3) is 22.4 Å². The van der Waals surface area contributed by atoms with Gasteiger partial charge in [-0.25, -0.2) is 9.97 Å². The third-order valence-corrected chi connectivity index (χ3v) is 3.42. The standard InChI is InChI=1S/C16H15N5O3/c1-9(2)19-16(22)12-7-17-15-14(12)20-13(8-18-15)10-3-5-11(6-4-10)21(23)24/h3-9H,1-2H3,(H,17,18)(H,19,22). The Morgan fingerprint density at radius 2 is 2.00 bits per heavy atom. The van der Waals surface area contributed by atoms with E-state index < -0.39 is 4.92 Å². The highest BCUT2D eigenvalue weighted by Crippen LogP contribution is 2.23. The van der Waals surface area contributed by atoms with Gasteiger partial charge in [0.25, 0.3) is 11.6 Å². The number of H-pyrrole nitrogens is 1. The first kappa shape index (κ1) is 15.6. The van der Waals surface area contributed by atoms with Gasteiger partial charge in [-0.15, -0.1) is 0 Å². The number of carbonyl (C=O) groups excluding carboxylic acids is 1. The van der Waals surface area contributed by atoms with Crippen molar-refractivity contribution in [2.24, 2.45) is 0 Å². The summed E-state index contributed by atoms with van der Waals surface area (Å²) in [7, 11) is 0. The molecular weight excluding hydrogens is 310 g/mol. The normalized spacial score (nSPS) is 11.0. The molecule has 2 N–H and O–H groups in total. The van der Waals surface area contributed by atoms with Crippen LogP contribution >= 0.6 is 0 Å². The predicted octanol–water partition coefficient (Wildman–Crippen LogP) is 2.67. The number of amides is 1. The number of nitro groups is 1. The zero-order valence-corrected chi connectivity index (χ0v) is 13.1. The minimum atomic E-state index is -0.459. The number of nitrogens with one attached hydrogen (secondary N) is 2. The molecule has 3 rings (SSSR count). The molecule has 0 unspecified atom stereocenters. The zero-order chi connectivity index (χ0) is 17.3. The van der Waals surface area contributed by atoms with E-state index in [4.69, 9.17) is 0 Å². The van der Waals surface area contributed by atoms with Gasteiger partial charge in [0.1, 0.15) is 5.52 Å². The highest BCUT2D eigenvalue weighted by Gasteiger charge is 2.16. The van der Waals surface area contributed by atoms with E-state index in [2.05, 4.69) is 20.3 Å². The second-order valence-corrected chi connectivity index (χ2v) is 5.59. The fraction of sp³-hybridized carbons (Fsp3) is 0.188.